The number of nitrogens with one attached hydrogen (secondary N) is 1. The van der Waals surface area contributed by atoms with Gasteiger partial charge >= 0.3 is 5.97 Å². The molecule has 0 spiro atoms. The normalized spacial score (nSPS) is 23.6. The fourth-order valence-electron chi connectivity index (χ4n) is 5.00. The van der Waals surface area contributed by atoms with Crippen LogP contribution in [0.3, 0.4) is 0 Å². The van der Waals surface area contributed by atoms with E-state index in [2.05, 4.69) is 20.6 Å². The molecule has 4 atom stereocenters. The fraction of sp³-hybridized carbons (Fsp3) is 0.375. The maximum Gasteiger partial charge on any atom is 0.326 e. The number of hydrogen-bond donors (Lipinski definition) is 2. The lowest BCUT2D eigenvalue weighted by Gasteiger charge is -2.51. The molecule has 2 aromatic carbocycles. The Bertz CT molecular complexity index is 1170. The van der Waals surface area contributed by atoms with Gasteiger partial charge in [0.05, 0.1) is 11.5 Å². The second-order valence-corrected chi connectivity index (χ2v) is 9.79. The van der Waals surface area contributed by atoms with E-state index in [1.54, 1.807) is 25.1 Å². The van der Waals surface area contributed by atoms with Crippen LogP contribution in [0.4, 0.5) is 0 Å². The zero-order valence-electron chi connectivity index (χ0n) is 18.8. The van der Waals surface area contributed by atoms with Crippen molar-refractivity contribution in [1.29, 1.82) is 0 Å². The van der Waals surface area contributed by atoms with Crippen molar-refractivity contribution in [2.45, 2.75) is 51.1 Å². The summed E-state index contributed by atoms with van der Waals surface area (Å²) in [7, 11) is 0. The van der Waals surface area contributed by atoms with Crippen molar-refractivity contribution in [3.63, 3.8) is 0 Å². The van der Waals surface area contributed by atoms with Crippen LogP contribution >= 0.6 is 23.2 Å². The van der Waals surface area contributed by atoms with Crippen molar-refractivity contribution in [1.82, 2.24) is 25.5 Å². The monoisotopic (exact) mass is 501 g/mol. The highest BCUT2D eigenvalue weighted by atomic mass is 35.5. The summed E-state index contributed by atoms with van der Waals surface area (Å²) in [6, 6.07) is 13.2. The van der Waals surface area contributed by atoms with Crippen LogP contribution in [0.2, 0.25) is 10.0 Å². The first-order valence-corrected chi connectivity index (χ1v) is 11.8. The number of aromatic amines is 1. The number of likely N-dealkylation sites (tertiary alicyclic amines) is 1. The number of carbonyl (C=O) groups excluding carboxylic acids is 1. The second kappa shape index (κ2) is 9.72. The number of benzene rings is 2. The van der Waals surface area contributed by atoms with Gasteiger partial charge in [-0.05, 0) is 58.7 Å². The zero-order chi connectivity index (χ0) is 24.5. The number of carboxylic acids is 1. The number of amides is 1. The highest BCUT2D eigenvalue weighted by Gasteiger charge is 2.53. The quantitative estimate of drug-likeness (QED) is 0.486. The number of carbonyl (C=O) groups is 2. The maximum absolute atomic E-state index is 14.1. The fourth-order valence-corrected chi connectivity index (χ4v) is 5.33. The molecule has 34 heavy (non-hydrogen) atoms. The number of aliphatic carboxylic acids is 1. The molecule has 0 bridgehead atoms. The molecule has 1 fully saturated rings. The van der Waals surface area contributed by atoms with Crippen LogP contribution in [0.1, 0.15) is 55.6 Å². The van der Waals surface area contributed by atoms with Crippen LogP contribution in [-0.4, -0.2) is 48.5 Å². The number of nitrogens with zero attached hydrogens (tertiary/aromatic N) is 4. The molecule has 1 aromatic heterocycles. The molecule has 1 aliphatic rings. The molecule has 1 aliphatic heterocycles. The van der Waals surface area contributed by atoms with Gasteiger partial charge in [-0.1, -0.05) is 61.3 Å². The summed E-state index contributed by atoms with van der Waals surface area (Å²) in [4.78, 5) is 28.0. The first kappa shape index (κ1) is 24.2. The van der Waals surface area contributed by atoms with Gasteiger partial charge in [-0.25, -0.2) is 9.89 Å². The first-order valence-electron chi connectivity index (χ1n) is 11.0. The van der Waals surface area contributed by atoms with E-state index in [-0.39, 0.29) is 24.7 Å². The van der Waals surface area contributed by atoms with Crippen LogP contribution in [-0.2, 0) is 16.0 Å². The van der Waals surface area contributed by atoms with Gasteiger partial charge in [-0.15, -0.1) is 5.10 Å². The van der Waals surface area contributed by atoms with Crippen LogP contribution < -0.4 is 0 Å². The van der Waals surface area contributed by atoms with Crippen molar-refractivity contribution in [3.05, 3.63) is 75.5 Å². The zero-order valence-corrected chi connectivity index (χ0v) is 20.3. The van der Waals surface area contributed by atoms with E-state index in [0.717, 1.165) is 11.1 Å². The number of halogens is 2. The molecule has 0 saturated carbocycles. The minimum atomic E-state index is -1.05. The summed E-state index contributed by atoms with van der Waals surface area (Å²) in [6.45, 7) is 3.61. The summed E-state index contributed by atoms with van der Waals surface area (Å²) in [5, 5.41) is 25.2. The van der Waals surface area contributed by atoms with Gasteiger partial charge in [-0.3, -0.25) is 4.79 Å². The topological polar surface area (TPSA) is 112 Å². The van der Waals surface area contributed by atoms with Gasteiger partial charge in [-0.2, -0.15) is 0 Å². The Morgan fingerprint density at radius 2 is 1.94 bits per heavy atom. The molecule has 1 saturated heterocycles. The minimum Gasteiger partial charge on any atom is -0.480 e. The maximum atomic E-state index is 14.1. The Kier molecular flexibility index (Phi) is 6.91. The van der Waals surface area contributed by atoms with E-state index in [1.165, 1.54) is 4.90 Å². The lowest BCUT2D eigenvalue weighted by molar-refractivity contribution is -0.164. The third-order valence-corrected chi connectivity index (χ3v) is 7.03. The summed E-state index contributed by atoms with van der Waals surface area (Å²) in [6.07, 6.45) is 0.954. The van der Waals surface area contributed by atoms with E-state index in [1.807, 2.05) is 37.3 Å². The van der Waals surface area contributed by atoms with Crippen molar-refractivity contribution >= 4 is 35.1 Å². The van der Waals surface area contributed by atoms with Crippen LogP contribution in [0.15, 0.2) is 48.5 Å². The largest absolute Gasteiger partial charge is 0.480 e. The summed E-state index contributed by atoms with van der Waals surface area (Å²) in [5.41, 5.74) is 0.790. The Hall–Kier alpha value is -2.97. The van der Waals surface area contributed by atoms with Crippen molar-refractivity contribution in [2.24, 2.45) is 5.41 Å². The molecule has 3 aromatic rings. The van der Waals surface area contributed by atoms with Crippen molar-refractivity contribution < 1.29 is 14.7 Å². The molecular formula is C24H25Cl2N5O3. The number of piperidine rings is 1. The van der Waals surface area contributed by atoms with Crippen molar-refractivity contribution in [3.8, 4) is 0 Å². The Morgan fingerprint density at radius 3 is 2.53 bits per heavy atom. The molecule has 0 aliphatic carbocycles. The molecule has 0 radical (unpaired) electrons. The number of tetrazole rings is 1. The number of rotatable bonds is 7. The molecule has 8 nitrogen and oxygen atoms in total. The molecule has 10 heteroatoms. The van der Waals surface area contributed by atoms with E-state index >= 15 is 0 Å². The highest BCUT2D eigenvalue weighted by molar-refractivity contribution is 6.30. The SMILES string of the molecule is CCC(C(=O)O)N1C(=O)[C@@](C)(Cc2nnn[nH]2)C[C@H](c2cccc(Cl)c2)[C@H]1c1ccc(Cl)cc1. The number of H-pyrrole nitrogens is 1. The molecule has 4 rings (SSSR count). The van der Waals surface area contributed by atoms with Gasteiger partial charge < -0.3 is 10.0 Å². The third-order valence-electron chi connectivity index (χ3n) is 6.54. The molecular weight excluding hydrogens is 477 g/mol. The molecule has 2 heterocycles. The third kappa shape index (κ3) is 4.65. The lowest BCUT2D eigenvalue weighted by atomic mass is 9.67. The van der Waals surface area contributed by atoms with Gasteiger partial charge in [0.25, 0.3) is 0 Å². The van der Waals surface area contributed by atoms with E-state index in [9.17, 15) is 14.7 Å². The Balaban J connectivity index is 1.91. The Labute approximate surface area is 207 Å². The molecule has 1 unspecified atom stereocenters. The first-order chi connectivity index (χ1) is 16.2. The second-order valence-electron chi connectivity index (χ2n) is 8.92. The predicted molar refractivity (Wildman–Crippen MR) is 128 cm³/mol. The van der Waals surface area contributed by atoms with Gasteiger partial charge in [0.2, 0.25) is 5.91 Å². The summed E-state index contributed by atoms with van der Waals surface area (Å²) >= 11 is 12.5. The average molecular weight is 502 g/mol. The molecule has 178 valence electrons. The predicted octanol–water partition coefficient (Wildman–Crippen LogP) is 4.68. The lowest BCUT2D eigenvalue weighted by Crippen LogP contribution is -2.58. The van der Waals surface area contributed by atoms with Gasteiger partial charge in [0, 0.05) is 22.4 Å². The number of carboxylic acid groups (broad SMARTS) is 1. The smallest absolute Gasteiger partial charge is 0.326 e. The van der Waals surface area contributed by atoms with Crippen molar-refractivity contribution in [2.75, 3.05) is 0 Å². The minimum absolute atomic E-state index is 0.230. The summed E-state index contributed by atoms with van der Waals surface area (Å²) < 4.78 is 0. The number of aromatic nitrogens is 4. The van der Waals surface area contributed by atoms with E-state index in [4.69, 9.17) is 23.2 Å². The van der Waals surface area contributed by atoms with Crippen LogP contribution in [0, 0.1) is 5.41 Å². The van der Waals surface area contributed by atoms with Crippen LogP contribution in [0.5, 0.6) is 0 Å². The van der Waals surface area contributed by atoms with E-state index < -0.39 is 23.5 Å². The highest BCUT2D eigenvalue weighted by Crippen LogP contribution is 2.51. The molecule has 2 N–H and O–H groups in total. The number of hydrogen-bond acceptors (Lipinski definition) is 5. The Morgan fingerprint density at radius 1 is 1.21 bits per heavy atom. The van der Waals surface area contributed by atoms with Gasteiger partial charge in [0.15, 0.2) is 0 Å². The van der Waals surface area contributed by atoms with Crippen LogP contribution in [0.25, 0.3) is 0 Å². The molecule has 1 amide bonds. The summed E-state index contributed by atoms with van der Waals surface area (Å²) in [5.74, 6) is -1.07. The standard InChI is InChI=1S/C24H25Cl2N5O3/c1-3-19(22(32)33)31-21(14-7-9-16(25)10-8-14)18(15-5-4-6-17(26)11-15)12-24(2,23(31)34)13-20-27-29-30-28-20/h4-11,18-19,21H,3,12-13H2,1-2H3,(H,32,33)(H,27,28,29,30)/t18-,19?,21-,24-/m1/s1. The van der Waals surface area contributed by atoms with E-state index in [0.29, 0.717) is 22.3 Å². The average Bonchev–Trinajstić information content (AvgIpc) is 3.30. The van der Waals surface area contributed by atoms with Gasteiger partial charge in [0.1, 0.15) is 11.9 Å².